The second kappa shape index (κ2) is 8.20. The molecule has 0 aromatic heterocycles. The largest absolute Gasteiger partial charge is 0.378 e. The van der Waals surface area contributed by atoms with Gasteiger partial charge in [-0.3, -0.25) is 0 Å². The molecule has 2 nitrogen and oxygen atoms in total. The van der Waals surface area contributed by atoms with Gasteiger partial charge in [-0.2, -0.15) is 0 Å². The Balaban J connectivity index is 2.00. The average molecular weight is 362 g/mol. The zero-order chi connectivity index (χ0) is 15.2. The predicted molar refractivity (Wildman–Crippen MR) is 83.3 cm³/mol. The first kappa shape index (κ1) is 16.8. The van der Waals surface area contributed by atoms with Crippen molar-refractivity contribution in [3.63, 3.8) is 0 Å². The fraction of sp³-hybridized carbons (Fsp3) is 0.625. The number of halogens is 3. The molecule has 1 aromatic carbocycles. The summed E-state index contributed by atoms with van der Waals surface area (Å²) < 4.78 is 34.2. The molecular formula is C16H22BrF2NO. The van der Waals surface area contributed by atoms with E-state index in [0.29, 0.717) is 23.5 Å². The van der Waals surface area contributed by atoms with Crippen LogP contribution in [-0.2, 0) is 4.74 Å². The molecule has 1 aromatic rings. The van der Waals surface area contributed by atoms with Crippen LogP contribution in [0.2, 0.25) is 0 Å². The van der Waals surface area contributed by atoms with E-state index in [1.54, 1.807) is 0 Å². The smallest absolute Gasteiger partial charge is 0.132 e. The highest BCUT2D eigenvalue weighted by Gasteiger charge is 2.21. The Labute approximate surface area is 133 Å². The molecule has 1 saturated heterocycles. The van der Waals surface area contributed by atoms with Crippen molar-refractivity contribution in [1.82, 2.24) is 5.32 Å². The minimum absolute atomic E-state index is 0.146. The van der Waals surface area contributed by atoms with Crippen LogP contribution in [0, 0.1) is 11.6 Å². The lowest BCUT2D eigenvalue weighted by Gasteiger charge is -2.20. The topological polar surface area (TPSA) is 21.3 Å². The highest BCUT2D eigenvalue weighted by Crippen LogP contribution is 2.29. The quantitative estimate of drug-likeness (QED) is 0.757. The molecule has 0 bridgehead atoms. The summed E-state index contributed by atoms with van der Waals surface area (Å²) in [5, 5.41) is 3.19. The van der Waals surface area contributed by atoms with E-state index < -0.39 is 11.6 Å². The summed E-state index contributed by atoms with van der Waals surface area (Å²) in [5.41, 5.74) is 0.146. The van der Waals surface area contributed by atoms with E-state index in [1.165, 1.54) is 12.1 Å². The summed E-state index contributed by atoms with van der Waals surface area (Å²) in [6.07, 6.45) is 5.12. The maximum absolute atomic E-state index is 14.1. The number of hydrogen-bond donors (Lipinski definition) is 1. The Morgan fingerprint density at radius 1 is 1.38 bits per heavy atom. The third kappa shape index (κ3) is 4.73. The van der Waals surface area contributed by atoms with Crippen LogP contribution in [0.4, 0.5) is 8.78 Å². The van der Waals surface area contributed by atoms with Gasteiger partial charge in [0.15, 0.2) is 0 Å². The van der Waals surface area contributed by atoms with Crippen LogP contribution in [0.1, 0.15) is 50.6 Å². The molecule has 1 heterocycles. The van der Waals surface area contributed by atoms with Crippen LogP contribution in [0.15, 0.2) is 16.6 Å². The molecule has 0 aliphatic carbocycles. The van der Waals surface area contributed by atoms with Gasteiger partial charge < -0.3 is 10.1 Å². The monoisotopic (exact) mass is 361 g/mol. The zero-order valence-corrected chi connectivity index (χ0v) is 13.9. The van der Waals surface area contributed by atoms with Crippen molar-refractivity contribution in [3.8, 4) is 0 Å². The number of rotatable bonds is 7. The van der Waals surface area contributed by atoms with Crippen LogP contribution in [0.5, 0.6) is 0 Å². The van der Waals surface area contributed by atoms with Gasteiger partial charge in [0.05, 0.1) is 6.10 Å². The van der Waals surface area contributed by atoms with E-state index in [4.69, 9.17) is 4.74 Å². The molecule has 0 amide bonds. The summed E-state index contributed by atoms with van der Waals surface area (Å²) in [7, 11) is 0. The summed E-state index contributed by atoms with van der Waals surface area (Å²) >= 11 is 3.12. The van der Waals surface area contributed by atoms with Crippen LogP contribution in [0.25, 0.3) is 0 Å². The lowest BCUT2D eigenvalue weighted by molar-refractivity contribution is 0.101. The second-order valence-electron chi connectivity index (χ2n) is 5.46. The van der Waals surface area contributed by atoms with Crippen molar-refractivity contribution in [2.75, 3.05) is 13.2 Å². The van der Waals surface area contributed by atoms with Gasteiger partial charge in [0.25, 0.3) is 0 Å². The van der Waals surface area contributed by atoms with Crippen LogP contribution < -0.4 is 5.32 Å². The molecule has 0 spiro atoms. The summed E-state index contributed by atoms with van der Waals surface area (Å²) in [6.45, 7) is 3.47. The maximum Gasteiger partial charge on any atom is 0.132 e. The van der Waals surface area contributed by atoms with E-state index in [9.17, 15) is 8.78 Å². The fourth-order valence-electron chi connectivity index (χ4n) is 2.90. The van der Waals surface area contributed by atoms with E-state index in [2.05, 4.69) is 21.2 Å². The van der Waals surface area contributed by atoms with E-state index >= 15 is 0 Å². The molecule has 1 aliphatic rings. The minimum Gasteiger partial charge on any atom is -0.378 e. The molecule has 0 radical (unpaired) electrons. The Morgan fingerprint density at radius 2 is 2.10 bits per heavy atom. The van der Waals surface area contributed by atoms with Gasteiger partial charge >= 0.3 is 0 Å². The van der Waals surface area contributed by atoms with Gasteiger partial charge in [-0.15, -0.1) is 0 Å². The standard InChI is InChI=1S/C16H22BrF2NO/c1-2-20-15(7-3-5-12-6-4-8-21-12)16-13(18)9-11(17)10-14(16)19/h9-10,12,15,20H,2-8H2,1H3. The number of benzene rings is 1. The lowest BCUT2D eigenvalue weighted by atomic mass is 9.98. The molecule has 1 N–H and O–H groups in total. The molecule has 21 heavy (non-hydrogen) atoms. The van der Waals surface area contributed by atoms with E-state index in [1.807, 2.05) is 6.92 Å². The Hall–Kier alpha value is -0.520. The molecule has 2 rings (SSSR count). The molecule has 2 atom stereocenters. The van der Waals surface area contributed by atoms with Crippen molar-refractivity contribution in [1.29, 1.82) is 0 Å². The van der Waals surface area contributed by atoms with Crippen molar-refractivity contribution in [3.05, 3.63) is 33.8 Å². The summed E-state index contributed by atoms with van der Waals surface area (Å²) in [4.78, 5) is 0. The lowest BCUT2D eigenvalue weighted by Crippen LogP contribution is -2.23. The van der Waals surface area contributed by atoms with Crippen molar-refractivity contribution in [2.24, 2.45) is 0 Å². The highest BCUT2D eigenvalue weighted by atomic mass is 79.9. The fourth-order valence-corrected chi connectivity index (χ4v) is 3.30. The van der Waals surface area contributed by atoms with Crippen molar-refractivity contribution in [2.45, 2.75) is 51.2 Å². The Kier molecular flexibility index (Phi) is 6.58. The molecule has 1 fully saturated rings. The van der Waals surface area contributed by atoms with Gasteiger partial charge in [0, 0.05) is 22.7 Å². The predicted octanol–water partition coefficient (Wildman–Crippen LogP) is 4.73. The molecule has 5 heteroatoms. The third-order valence-corrected chi connectivity index (χ3v) is 4.34. The second-order valence-corrected chi connectivity index (χ2v) is 6.37. The van der Waals surface area contributed by atoms with Crippen molar-refractivity contribution < 1.29 is 13.5 Å². The first-order valence-corrected chi connectivity index (χ1v) is 8.40. The molecule has 118 valence electrons. The highest BCUT2D eigenvalue weighted by molar-refractivity contribution is 9.10. The SMILES string of the molecule is CCNC(CCCC1CCCO1)c1c(F)cc(Br)cc1F. The van der Waals surface area contributed by atoms with Gasteiger partial charge in [-0.1, -0.05) is 22.9 Å². The molecule has 0 saturated carbocycles. The minimum atomic E-state index is -0.495. The number of hydrogen-bond acceptors (Lipinski definition) is 2. The van der Waals surface area contributed by atoms with Crippen molar-refractivity contribution >= 4 is 15.9 Å². The van der Waals surface area contributed by atoms with Gasteiger partial charge in [0.2, 0.25) is 0 Å². The number of nitrogens with one attached hydrogen (secondary N) is 1. The van der Waals surface area contributed by atoms with Gasteiger partial charge in [-0.25, -0.2) is 8.78 Å². The Bertz CT molecular complexity index is 441. The first-order valence-electron chi connectivity index (χ1n) is 7.61. The van der Waals surface area contributed by atoms with Gasteiger partial charge in [0.1, 0.15) is 11.6 Å². The first-order chi connectivity index (χ1) is 10.1. The molecular weight excluding hydrogens is 340 g/mol. The van der Waals surface area contributed by atoms with Crippen LogP contribution in [0.3, 0.4) is 0 Å². The van der Waals surface area contributed by atoms with Crippen LogP contribution >= 0.6 is 15.9 Å². The summed E-state index contributed by atoms with van der Waals surface area (Å²) in [6, 6.07) is 2.36. The molecule has 1 aliphatic heterocycles. The maximum atomic E-state index is 14.1. The van der Waals surface area contributed by atoms with Gasteiger partial charge in [-0.05, 0) is 50.8 Å². The normalized spacial score (nSPS) is 19.9. The van der Waals surface area contributed by atoms with Crippen LogP contribution in [-0.4, -0.2) is 19.3 Å². The Morgan fingerprint density at radius 3 is 2.67 bits per heavy atom. The van der Waals surface area contributed by atoms with E-state index in [-0.39, 0.29) is 11.6 Å². The number of ether oxygens (including phenoxy) is 1. The van der Waals surface area contributed by atoms with E-state index in [0.717, 1.165) is 32.3 Å². The average Bonchev–Trinajstić information content (AvgIpc) is 2.90. The molecule has 2 unspecified atom stereocenters. The summed E-state index contributed by atoms with van der Waals surface area (Å²) in [5.74, 6) is -0.991. The third-order valence-electron chi connectivity index (χ3n) is 3.89. The zero-order valence-electron chi connectivity index (χ0n) is 12.3.